The Labute approximate surface area is 85.2 Å². The fraction of sp³-hybridized carbons (Fsp3) is 1.00. The monoisotopic (exact) mass is 206 g/mol. The van der Waals surface area contributed by atoms with Crippen LogP contribution in [0.5, 0.6) is 0 Å². The van der Waals surface area contributed by atoms with Crippen LogP contribution in [0.4, 0.5) is 0 Å². The van der Waals surface area contributed by atoms with Crippen LogP contribution in [0.1, 0.15) is 39.0 Å². The summed E-state index contributed by atoms with van der Waals surface area (Å²) in [6.07, 6.45) is 0.185. The van der Waals surface area contributed by atoms with Crippen LogP contribution in [0, 0.1) is 0 Å². The number of rotatable bonds is 8. The highest BCUT2D eigenvalue weighted by Crippen LogP contribution is 2.11. The number of unbranched alkanes of at least 4 members (excludes halogenated alkanes) is 1. The second kappa shape index (κ2) is 8.17. The Morgan fingerprint density at radius 3 is 2.00 bits per heavy atom. The van der Waals surface area contributed by atoms with Gasteiger partial charge in [-0.05, 0) is 25.7 Å². The Morgan fingerprint density at radius 2 is 1.50 bits per heavy atom. The smallest absolute Gasteiger partial charge is 0.106 e. The molecule has 0 rings (SSSR count). The molecule has 86 valence electrons. The van der Waals surface area contributed by atoms with Gasteiger partial charge >= 0.3 is 0 Å². The Bertz CT molecular complexity index is 129. The molecule has 0 aliphatic heterocycles. The topological polar surface area (TPSA) is 80.9 Å². The maximum absolute atomic E-state index is 9.45. The molecule has 0 fully saturated rings. The fourth-order valence-corrected chi connectivity index (χ4v) is 1.36. The lowest BCUT2D eigenvalue weighted by Crippen LogP contribution is -2.37. The van der Waals surface area contributed by atoms with Crippen LogP contribution >= 0.6 is 0 Å². The van der Waals surface area contributed by atoms with E-state index in [9.17, 15) is 15.3 Å². The SMILES string of the molecule is CCC[C@H](O)[C@H](O)[C@@H](O)CCCCO. The first-order chi connectivity index (χ1) is 6.63. The van der Waals surface area contributed by atoms with Crippen LogP contribution in [0.15, 0.2) is 0 Å². The van der Waals surface area contributed by atoms with Crippen LogP contribution in [0.3, 0.4) is 0 Å². The van der Waals surface area contributed by atoms with Gasteiger partial charge in [0.2, 0.25) is 0 Å². The van der Waals surface area contributed by atoms with E-state index in [1.165, 1.54) is 0 Å². The molecule has 0 aromatic heterocycles. The zero-order valence-corrected chi connectivity index (χ0v) is 8.76. The third kappa shape index (κ3) is 5.54. The van der Waals surface area contributed by atoms with E-state index < -0.39 is 18.3 Å². The molecule has 0 spiro atoms. The quantitative estimate of drug-likeness (QED) is 0.422. The molecule has 0 aromatic rings. The lowest BCUT2D eigenvalue weighted by atomic mass is 10.00. The molecule has 0 aliphatic rings. The Hall–Kier alpha value is -0.160. The number of aliphatic hydroxyl groups is 4. The minimum absolute atomic E-state index is 0.0975. The Kier molecular flexibility index (Phi) is 8.08. The molecular weight excluding hydrogens is 184 g/mol. The van der Waals surface area contributed by atoms with Crippen molar-refractivity contribution in [1.82, 2.24) is 0 Å². The Morgan fingerprint density at radius 1 is 0.929 bits per heavy atom. The van der Waals surface area contributed by atoms with E-state index in [-0.39, 0.29) is 6.61 Å². The minimum atomic E-state index is -1.06. The van der Waals surface area contributed by atoms with Gasteiger partial charge in [0, 0.05) is 6.61 Å². The molecule has 0 aromatic carbocycles. The number of hydrogen-bond acceptors (Lipinski definition) is 4. The van der Waals surface area contributed by atoms with E-state index in [1.807, 2.05) is 6.92 Å². The van der Waals surface area contributed by atoms with Crippen LogP contribution in [0.25, 0.3) is 0 Å². The van der Waals surface area contributed by atoms with E-state index in [0.717, 1.165) is 6.42 Å². The molecule has 0 radical (unpaired) electrons. The number of hydrogen-bond donors (Lipinski definition) is 4. The summed E-state index contributed by atoms with van der Waals surface area (Å²) < 4.78 is 0. The average Bonchev–Trinajstić information content (AvgIpc) is 2.17. The van der Waals surface area contributed by atoms with Gasteiger partial charge in [-0.15, -0.1) is 0 Å². The Balaban J connectivity index is 3.68. The zero-order chi connectivity index (χ0) is 11.0. The van der Waals surface area contributed by atoms with Crippen molar-refractivity contribution in [2.45, 2.75) is 57.3 Å². The predicted octanol–water partition coefficient (Wildman–Crippen LogP) is 0.0318. The molecule has 0 bridgehead atoms. The molecule has 14 heavy (non-hydrogen) atoms. The van der Waals surface area contributed by atoms with Gasteiger partial charge in [0.15, 0.2) is 0 Å². The van der Waals surface area contributed by atoms with Crippen LogP contribution in [-0.2, 0) is 0 Å². The van der Waals surface area contributed by atoms with Crippen molar-refractivity contribution in [1.29, 1.82) is 0 Å². The normalized spacial score (nSPS) is 17.8. The summed E-state index contributed by atoms with van der Waals surface area (Å²) in [5, 5.41) is 36.8. The van der Waals surface area contributed by atoms with Gasteiger partial charge in [-0.1, -0.05) is 13.3 Å². The van der Waals surface area contributed by atoms with Gasteiger partial charge < -0.3 is 20.4 Å². The molecule has 4 nitrogen and oxygen atoms in total. The summed E-state index contributed by atoms with van der Waals surface area (Å²) in [6.45, 7) is 2.01. The molecule has 4 N–H and O–H groups in total. The molecule has 0 unspecified atom stereocenters. The van der Waals surface area contributed by atoms with Gasteiger partial charge in [-0.3, -0.25) is 0 Å². The minimum Gasteiger partial charge on any atom is -0.396 e. The second-order valence-corrected chi connectivity index (χ2v) is 3.63. The lowest BCUT2D eigenvalue weighted by molar-refractivity contribution is -0.0649. The summed E-state index contributed by atoms with van der Waals surface area (Å²) in [6, 6.07) is 0. The first-order valence-corrected chi connectivity index (χ1v) is 5.28. The molecule has 0 saturated carbocycles. The van der Waals surface area contributed by atoms with Gasteiger partial charge in [0.1, 0.15) is 6.10 Å². The summed E-state index contributed by atoms with van der Waals surface area (Å²) in [5.74, 6) is 0. The maximum atomic E-state index is 9.45. The first-order valence-electron chi connectivity index (χ1n) is 5.28. The van der Waals surface area contributed by atoms with Crippen molar-refractivity contribution in [3.05, 3.63) is 0 Å². The molecule has 0 saturated heterocycles. The van der Waals surface area contributed by atoms with E-state index in [1.54, 1.807) is 0 Å². The summed E-state index contributed by atoms with van der Waals surface area (Å²) in [7, 11) is 0. The standard InChI is InChI=1S/C10H22O4/c1-2-5-8(12)10(14)9(13)6-3-4-7-11/h8-14H,2-7H2,1H3/t8-,9-,10-/m0/s1. The first kappa shape index (κ1) is 13.8. The molecule has 0 aliphatic carbocycles. The third-order valence-corrected chi connectivity index (χ3v) is 2.28. The summed E-state index contributed by atoms with van der Waals surface area (Å²) in [4.78, 5) is 0. The van der Waals surface area contributed by atoms with E-state index in [4.69, 9.17) is 5.11 Å². The van der Waals surface area contributed by atoms with Crippen LogP contribution in [0.2, 0.25) is 0 Å². The molecule has 3 atom stereocenters. The van der Waals surface area contributed by atoms with Crippen molar-refractivity contribution in [3.8, 4) is 0 Å². The van der Waals surface area contributed by atoms with Crippen molar-refractivity contribution in [2.24, 2.45) is 0 Å². The second-order valence-electron chi connectivity index (χ2n) is 3.63. The number of aliphatic hydroxyl groups excluding tert-OH is 4. The summed E-state index contributed by atoms with van der Waals surface area (Å²) >= 11 is 0. The molecule has 4 heteroatoms. The fourth-order valence-electron chi connectivity index (χ4n) is 1.36. The van der Waals surface area contributed by atoms with Gasteiger partial charge in [-0.2, -0.15) is 0 Å². The largest absolute Gasteiger partial charge is 0.396 e. The highest BCUT2D eigenvalue weighted by atomic mass is 16.4. The average molecular weight is 206 g/mol. The molecular formula is C10H22O4. The highest BCUT2D eigenvalue weighted by Gasteiger charge is 2.23. The van der Waals surface area contributed by atoms with E-state index in [2.05, 4.69) is 0 Å². The van der Waals surface area contributed by atoms with Crippen molar-refractivity contribution in [2.75, 3.05) is 6.61 Å². The van der Waals surface area contributed by atoms with Gasteiger partial charge in [0.25, 0.3) is 0 Å². The van der Waals surface area contributed by atoms with E-state index >= 15 is 0 Å². The van der Waals surface area contributed by atoms with Crippen LogP contribution in [-0.4, -0.2) is 45.3 Å². The zero-order valence-electron chi connectivity index (χ0n) is 8.76. The highest BCUT2D eigenvalue weighted by molar-refractivity contribution is 4.74. The predicted molar refractivity (Wildman–Crippen MR) is 53.9 cm³/mol. The summed E-state index contributed by atoms with van der Waals surface area (Å²) in [5.41, 5.74) is 0. The van der Waals surface area contributed by atoms with Crippen molar-refractivity contribution in [3.63, 3.8) is 0 Å². The van der Waals surface area contributed by atoms with Crippen molar-refractivity contribution >= 4 is 0 Å². The maximum Gasteiger partial charge on any atom is 0.106 e. The van der Waals surface area contributed by atoms with Crippen LogP contribution < -0.4 is 0 Å². The molecule has 0 heterocycles. The third-order valence-electron chi connectivity index (χ3n) is 2.28. The van der Waals surface area contributed by atoms with Gasteiger partial charge in [-0.25, -0.2) is 0 Å². The lowest BCUT2D eigenvalue weighted by Gasteiger charge is -2.22. The molecule has 0 amide bonds. The van der Waals surface area contributed by atoms with E-state index in [0.29, 0.717) is 25.7 Å². The van der Waals surface area contributed by atoms with Crippen molar-refractivity contribution < 1.29 is 20.4 Å². The van der Waals surface area contributed by atoms with Gasteiger partial charge in [0.05, 0.1) is 12.2 Å².